The van der Waals surface area contributed by atoms with Gasteiger partial charge in [0.25, 0.3) is 0 Å². The van der Waals surface area contributed by atoms with Crippen LogP contribution in [0.2, 0.25) is 0 Å². The Morgan fingerprint density at radius 3 is 0.958 bits per heavy atom. The maximum absolute atomic E-state index is 5.77. The van der Waals surface area contributed by atoms with E-state index < -0.39 is 0 Å². The highest BCUT2D eigenvalue weighted by molar-refractivity contribution is 4.81. The molecular formula is C20H42O4. The summed E-state index contributed by atoms with van der Waals surface area (Å²) in [7, 11) is 0. The van der Waals surface area contributed by atoms with Crippen molar-refractivity contribution >= 4 is 0 Å². The summed E-state index contributed by atoms with van der Waals surface area (Å²) in [4.78, 5) is 0. The van der Waals surface area contributed by atoms with Gasteiger partial charge in [-0.25, -0.2) is 0 Å². The summed E-state index contributed by atoms with van der Waals surface area (Å²) in [5, 5.41) is 0. The minimum Gasteiger partial charge on any atom is -0.349 e. The molecule has 0 aromatic carbocycles. The van der Waals surface area contributed by atoms with Crippen LogP contribution in [0.1, 0.15) is 69.2 Å². The Labute approximate surface area is 150 Å². The van der Waals surface area contributed by atoms with Gasteiger partial charge in [-0.05, 0) is 6.42 Å². The Balaban J connectivity index is 0.000000425. The average molecular weight is 347 g/mol. The third kappa shape index (κ3) is 5.17. The normalized spacial score (nSPS) is 22.5. The SMILES string of the molecule is C.CC(C)C1(C(C)C)OCCCO1.CC(C)C1(C(C)C)OCCO1. The van der Waals surface area contributed by atoms with Crippen molar-refractivity contribution in [1.82, 2.24) is 0 Å². The molecule has 0 spiro atoms. The first-order valence-electron chi connectivity index (χ1n) is 9.24. The van der Waals surface area contributed by atoms with Crippen LogP contribution in [-0.2, 0) is 18.9 Å². The molecule has 146 valence electrons. The highest BCUT2D eigenvalue weighted by Crippen LogP contribution is 2.35. The molecule has 0 amide bonds. The number of ether oxygens (including phenoxy) is 4. The summed E-state index contributed by atoms with van der Waals surface area (Å²) in [6.07, 6.45) is 1.03. The van der Waals surface area contributed by atoms with Crippen LogP contribution in [0.4, 0.5) is 0 Å². The van der Waals surface area contributed by atoms with Crippen LogP contribution in [0.3, 0.4) is 0 Å². The molecule has 2 heterocycles. The summed E-state index contributed by atoms with van der Waals surface area (Å²) in [6, 6.07) is 0. The minimum atomic E-state index is -0.321. The summed E-state index contributed by atoms with van der Waals surface area (Å²) < 4.78 is 22.8. The summed E-state index contributed by atoms with van der Waals surface area (Å²) in [5.74, 6) is 1.10. The van der Waals surface area contributed by atoms with Crippen molar-refractivity contribution in [3.63, 3.8) is 0 Å². The van der Waals surface area contributed by atoms with Crippen LogP contribution in [0.15, 0.2) is 0 Å². The van der Waals surface area contributed by atoms with Crippen molar-refractivity contribution in [3.05, 3.63) is 0 Å². The predicted molar refractivity (Wildman–Crippen MR) is 100.0 cm³/mol. The minimum absolute atomic E-state index is 0. The molecule has 0 aromatic rings. The molecule has 0 bridgehead atoms. The highest BCUT2D eigenvalue weighted by atomic mass is 16.7. The molecule has 2 aliphatic heterocycles. The van der Waals surface area contributed by atoms with E-state index in [1.165, 1.54) is 0 Å². The third-order valence-corrected chi connectivity index (χ3v) is 4.90. The first-order chi connectivity index (χ1) is 10.7. The van der Waals surface area contributed by atoms with Crippen molar-refractivity contribution in [2.45, 2.75) is 80.8 Å². The van der Waals surface area contributed by atoms with E-state index in [2.05, 4.69) is 55.4 Å². The Kier molecular flexibility index (Phi) is 10.0. The standard InChI is InChI=1S/C10H20O2.C9H18O2.CH4/c1-8(2)10(9(3)4)11-6-5-7-12-10;1-7(2)9(8(3)4)10-5-6-11-9;/h8-9H,5-7H2,1-4H3;7-8H,5-6H2,1-4H3;1H4. The zero-order valence-electron chi connectivity index (χ0n) is 16.5. The van der Waals surface area contributed by atoms with Crippen LogP contribution in [0.5, 0.6) is 0 Å². The molecule has 2 rings (SSSR count). The van der Waals surface area contributed by atoms with Crippen molar-refractivity contribution < 1.29 is 18.9 Å². The molecule has 24 heavy (non-hydrogen) atoms. The first-order valence-corrected chi connectivity index (χ1v) is 9.24. The third-order valence-electron chi connectivity index (χ3n) is 4.90. The fourth-order valence-electron chi connectivity index (χ4n) is 3.67. The highest BCUT2D eigenvalue weighted by Gasteiger charge is 2.42. The van der Waals surface area contributed by atoms with E-state index in [4.69, 9.17) is 18.9 Å². The van der Waals surface area contributed by atoms with Gasteiger partial charge in [0.1, 0.15) is 0 Å². The van der Waals surface area contributed by atoms with Crippen LogP contribution in [0, 0.1) is 23.7 Å². The molecular weight excluding hydrogens is 304 g/mol. The Morgan fingerprint density at radius 1 is 0.500 bits per heavy atom. The number of hydrogen-bond donors (Lipinski definition) is 0. The van der Waals surface area contributed by atoms with Crippen molar-refractivity contribution in [1.29, 1.82) is 0 Å². The van der Waals surface area contributed by atoms with Gasteiger partial charge in [-0.2, -0.15) is 0 Å². The fraction of sp³-hybridized carbons (Fsp3) is 1.00. The second-order valence-electron chi connectivity index (χ2n) is 7.81. The van der Waals surface area contributed by atoms with Gasteiger partial charge in [-0.3, -0.25) is 0 Å². The lowest BCUT2D eigenvalue weighted by atomic mass is 9.90. The fourth-order valence-corrected chi connectivity index (χ4v) is 3.67. The van der Waals surface area contributed by atoms with Crippen molar-refractivity contribution in [3.8, 4) is 0 Å². The van der Waals surface area contributed by atoms with E-state index in [1.54, 1.807) is 0 Å². The molecule has 0 radical (unpaired) electrons. The maximum Gasteiger partial charge on any atom is 0.172 e. The molecule has 0 aromatic heterocycles. The summed E-state index contributed by atoms with van der Waals surface area (Å²) in [6.45, 7) is 20.4. The molecule has 4 heteroatoms. The van der Waals surface area contributed by atoms with Crippen LogP contribution in [-0.4, -0.2) is 38.0 Å². The Morgan fingerprint density at radius 2 is 0.750 bits per heavy atom. The van der Waals surface area contributed by atoms with Crippen LogP contribution in [0.25, 0.3) is 0 Å². The monoisotopic (exact) mass is 346 g/mol. The molecule has 4 nitrogen and oxygen atoms in total. The van der Waals surface area contributed by atoms with Gasteiger partial charge >= 0.3 is 0 Å². The van der Waals surface area contributed by atoms with Crippen molar-refractivity contribution in [2.24, 2.45) is 23.7 Å². The van der Waals surface area contributed by atoms with Gasteiger partial charge in [0.15, 0.2) is 11.6 Å². The van der Waals surface area contributed by atoms with Gasteiger partial charge in [0.2, 0.25) is 0 Å². The van der Waals surface area contributed by atoms with Gasteiger partial charge in [0, 0.05) is 23.7 Å². The van der Waals surface area contributed by atoms with E-state index in [0.29, 0.717) is 23.7 Å². The maximum atomic E-state index is 5.77. The zero-order valence-corrected chi connectivity index (χ0v) is 16.5. The second kappa shape index (κ2) is 10.1. The second-order valence-corrected chi connectivity index (χ2v) is 7.81. The van der Waals surface area contributed by atoms with E-state index >= 15 is 0 Å². The topological polar surface area (TPSA) is 36.9 Å². The summed E-state index contributed by atoms with van der Waals surface area (Å²) in [5.41, 5.74) is 0. The van der Waals surface area contributed by atoms with E-state index in [-0.39, 0.29) is 19.0 Å². The average Bonchev–Trinajstić information content (AvgIpc) is 2.99. The predicted octanol–water partition coefficient (Wildman–Crippen LogP) is 5.11. The molecule has 0 N–H and O–H groups in total. The van der Waals surface area contributed by atoms with E-state index in [0.717, 1.165) is 32.8 Å². The molecule has 0 atom stereocenters. The Hall–Kier alpha value is -0.160. The molecule has 2 aliphatic rings. The molecule has 2 fully saturated rings. The van der Waals surface area contributed by atoms with Gasteiger partial charge in [-0.15, -0.1) is 0 Å². The lowest BCUT2D eigenvalue weighted by molar-refractivity contribution is -0.310. The smallest absolute Gasteiger partial charge is 0.172 e. The van der Waals surface area contributed by atoms with Gasteiger partial charge in [-0.1, -0.05) is 62.8 Å². The van der Waals surface area contributed by atoms with Gasteiger partial charge in [0.05, 0.1) is 26.4 Å². The zero-order chi connectivity index (χ0) is 17.7. The molecule has 0 aliphatic carbocycles. The van der Waals surface area contributed by atoms with Gasteiger partial charge < -0.3 is 18.9 Å². The largest absolute Gasteiger partial charge is 0.349 e. The van der Waals surface area contributed by atoms with Crippen molar-refractivity contribution in [2.75, 3.05) is 26.4 Å². The van der Waals surface area contributed by atoms with Crippen LogP contribution >= 0.6 is 0 Å². The van der Waals surface area contributed by atoms with E-state index in [1.807, 2.05) is 0 Å². The lowest BCUT2D eigenvalue weighted by Crippen LogP contribution is -2.49. The molecule has 2 saturated heterocycles. The Bertz CT molecular complexity index is 305. The molecule has 0 saturated carbocycles. The summed E-state index contributed by atoms with van der Waals surface area (Å²) >= 11 is 0. The quantitative estimate of drug-likeness (QED) is 0.709. The van der Waals surface area contributed by atoms with Crippen LogP contribution < -0.4 is 0 Å². The molecule has 0 unspecified atom stereocenters. The number of hydrogen-bond acceptors (Lipinski definition) is 4. The van der Waals surface area contributed by atoms with E-state index in [9.17, 15) is 0 Å². The number of rotatable bonds is 4. The first kappa shape index (κ1) is 23.8. The lowest BCUT2D eigenvalue weighted by Gasteiger charge is -2.43.